The zero-order valence-electron chi connectivity index (χ0n) is 30.6. The predicted molar refractivity (Wildman–Crippen MR) is 244 cm³/mol. The maximum absolute atomic E-state index is 5.40. The van der Waals surface area contributed by atoms with Gasteiger partial charge in [-0.25, -0.2) is 4.98 Å². The molecule has 0 aliphatic carbocycles. The highest BCUT2D eigenvalue weighted by Crippen LogP contribution is 2.40. The number of aromatic nitrogens is 1. The Morgan fingerprint density at radius 1 is 0.321 bits per heavy atom. The molecular formula is C53H35NSSi. The second-order valence-corrected chi connectivity index (χ2v) is 19.5. The molecule has 11 aromatic rings. The van der Waals surface area contributed by atoms with Crippen LogP contribution in [0.4, 0.5) is 0 Å². The summed E-state index contributed by atoms with van der Waals surface area (Å²) in [5.41, 5.74) is 4.26. The molecule has 2 aromatic heterocycles. The lowest BCUT2D eigenvalue weighted by Gasteiger charge is -2.35. The fourth-order valence-electron chi connectivity index (χ4n) is 9.12. The summed E-state index contributed by atoms with van der Waals surface area (Å²) in [7, 11) is -2.90. The standard InChI is InChI=1S/C53H35NSSi/c1-3-17-37(18-4-1)56(38-19-5-2-6-20-38,40-32-33-45-43-24-8-7-22-41(43)42-23-9-10-25-44(42)49(45)35-40)39-21-13-16-36(34-39)50-29-15-30-51(54-50)48-28-14-27-47-46-26-11-12-31-52(46)55-53(47)48/h1-35H. The molecule has 0 aliphatic heterocycles. The normalized spacial score (nSPS) is 11.9. The molecule has 0 radical (unpaired) electrons. The van der Waals surface area contributed by atoms with Crippen LogP contribution in [0, 0.1) is 0 Å². The van der Waals surface area contributed by atoms with Gasteiger partial charge in [-0.15, -0.1) is 11.3 Å². The van der Waals surface area contributed by atoms with Crippen molar-refractivity contribution in [1.29, 1.82) is 0 Å². The van der Waals surface area contributed by atoms with Crippen molar-refractivity contribution < 1.29 is 0 Å². The zero-order chi connectivity index (χ0) is 37.1. The average Bonchev–Trinajstić information content (AvgIpc) is 3.67. The van der Waals surface area contributed by atoms with Gasteiger partial charge in [0.05, 0.1) is 11.4 Å². The van der Waals surface area contributed by atoms with Gasteiger partial charge in [0, 0.05) is 31.3 Å². The molecule has 9 aromatic carbocycles. The van der Waals surface area contributed by atoms with Crippen molar-refractivity contribution in [3.63, 3.8) is 0 Å². The number of fused-ring (bicyclic) bond motifs is 9. The SMILES string of the molecule is c1ccc([Si](c2ccccc2)(c2cccc(-c3cccc(-c4cccc5c4sc4ccccc45)n3)c2)c2ccc3c4ccccc4c4ccccc4c3c2)cc1. The van der Waals surface area contributed by atoms with Gasteiger partial charge in [0.2, 0.25) is 0 Å². The highest BCUT2D eigenvalue weighted by Gasteiger charge is 2.41. The summed E-state index contributed by atoms with van der Waals surface area (Å²) in [5, 5.41) is 15.7. The fraction of sp³-hybridized carbons (Fsp3) is 0. The first-order valence-corrected chi connectivity index (χ1v) is 22.0. The van der Waals surface area contributed by atoms with E-state index in [0.29, 0.717) is 0 Å². The number of nitrogens with zero attached hydrogens (tertiary/aromatic N) is 1. The minimum atomic E-state index is -2.90. The predicted octanol–water partition coefficient (Wildman–Crippen LogP) is 11.6. The van der Waals surface area contributed by atoms with Gasteiger partial charge in [0.15, 0.2) is 8.07 Å². The van der Waals surface area contributed by atoms with Crippen LogP contribution in [0.3, 0.4) is 0 Å². The van der Waals surface area contributed by atoms with Gasteiger partial charge in [-0.3, -0.25) is 0 Å². The van der Waals surface area contributed by atoms with Crippen LogP contribution in [0.1, 0.15) is 0 Å². The molecular weight excluding hydrogens is 711 g/mol. The summed E-state index contributed by atoms with van der Waals surface area (Å²) in [6, 6.07) is 78.6. The van der Waals surface area contributed by atoms with Crippen molar-refractivity contribution in [3.8, 4) is 22.5 Å². The van der Waals surface area contributed by atoms with E-state index in [1.54, 1.807) is 0 Å². The summed E-state index contributed by atoms with van der Waals surface area (Å²) < 4.78 is 2.58. The lowest BCUT2D eigenvalue weighted by atomic mass is 9.94. The van der Waals surface area contributed by atoms with Crippen molar-refractivity contribution >= 4 is 92.6 Å². The topological polar surface area (TPSA) is 12.9 Å². The first-order chi connectivity index (χ1) is 27.8. The number of rotatable bonds is 6. The molecule has 0 bridgehead atoms. The first kappa shape index (κ1) is 32.7. The Morgan fingerprint density at radius 3 is 1.52 bits per heavy atom. The Hall–Kier alpha value is -6.65. The molecule has 0 aliphatic rings. The van der Waals surface area contributed by atoms with Gasteiger partial charge in [0.25, 0.3) is 0 Å². The van der Waals surface area contributed by atoms with E-state index in [0.717, 1.165) is 17.0 Å². The molecule has 11 rings (SSSR count). The largest absolute Gasteiger partial charge is 0.248 e. The number of thiophene rings is 1. The lowest BCUT2D eigenvalue weighted by Crippen LogP contribution is -2.74. The van der Waals surface area contributed by atoms with Crippen LogP contribution >= 0.6 is 11.3 Å². The molecule has 0 saturated heterocycles. The smallest absolute Gasteiger partial charge is 0.179 e. The third kappa shape index (κ3) is 5.09. The molecule has 2 heterocycles. The van der Waals surface area contributed by atoms with E-state index in [1.807, 2.05) is 11.3 Å². The second kappa shape index (κ2) is 13.3. The highest BCUT2D eigenvalue weighted by atomic mass is 32.1. The van der Waals surface area contributed by atoms with Crippen LogP contribution in [-0.2, 0) is 0 Å². The van der Waals surface area contributed by atoms with Gasteiger partial charge in [-0.1, -0.05) is 194 Å². The molecule has 0 saturated carbocycles. The van der Waals surface area contributed by atoms with E-state index in [1.165, 1.54) is 78.8 Å². The molecule has 3 heteroatoms. The van der Waals surface area contributed by atoms with Crippen molar-refractivity contribution in [2.75, 3.05) is 0 Å². The van der Waals surface area contributed by atoms with Crippen LogP contribution in [-0.4, -0.2) is 13.1 Å². The lowest BCUT2D eigenvalue weighted by molar-refractivity contribution is 1.33. The molecule has 0 amide bonds. The Kier molecular flexibility index (Phi) is 7.76. The quantitative estimate of drug-likeness (QED) is 0.0938. The van der Waals surface area contributed by atoms with E-state index < -0.39 is 8.07 Å². The monoisotopic (exact) mass is 745 g/mol. The Bertz CT molecular complexity index is 3180. The molecule has 262 valence electrons. The minimum Gasteiger partial charge on any atom is -0.248 e. The van der Waals surface area contributed by atoms with Crippen molar-refractivity contribution in [2.45, 2.75) is 0 Å². The van der Waals surface area contributed by atoms with E-state index in [9.17, 15) is 0 Å². The van der Waals surface area contributed by atoms with Crippen molar-refractivity contribution in [2.24, 2.45) is 0 Å². The summed E-state index contributed by atoms with van der Waals surface area (Å²) in [6.45, 7) is 0. The molecule has 56 heavy (non-hydrogen) atoms. The molecule has 0 N–H and O–H groups in total. The Morgan fingerprint density at radius 2 is 0.821 bits per heavy atom. The molecule has 0 unspecified atom stereocenters. The van der Waals surface area contributed by atoms with Crippen molar-refractivity contribution in [1.82, 2.24) is 4.98 Å². The van der Waals surface area contributed by atoms with Crippen LogP contribution in [0.25, 0.3) is 75.0 Å². The molecule has 0 fully saturated rings. The Labute approximate surface area is 330 Å². The number of hydrogen-bond donors (Lipinski definition) is 0. The molecule has 1 nitrogen and oxygen atoms in total. The summed E-state index contributed by atoms with van der Waals surface area (Å²) in [6.07, 6.45) is 0. The summed E-state index contributed by atoms with van der Waals surface area (Å²) in [5.74, 6) is 0. The fourth-order valence-corrected chi connectivity index (χ4v) is 15.1. The van der Waals surface area contributed by atoms with Gasteiger partial charge in [-0.05, 0) is 71.3 Å². The number of pyridine rings is 1. The van der Waals surface area contributed by atoms with Gasteiger partial charge < -0.3 is 0 Å². The van der Waals surface area contributed by atoms with E-state index in [4.69, 9.17) is 4.98 Å². The maximum atomic E-state index is 5.40. The summed E-state index contributed by atoms with van der Waals surface area (Å²) in [4.78, 5) is 5.40. The van der Waals surface area contributed by atoms with Crippen LogP contribution in [0.5, 0.6) is 0 Å². The third-order valence-electron chi connectivity index (χ3n) is 11.6. The second-order valence-electron chi connectivity index (χ2n) is 14.6. The van der Waals surface area contributed by atoms with E-state index in [-0.39, 0.29) is 0 Å². The van der Waals surface area contributed by atoms with Crippen LogP contribution in [0.2, 0.25) is 0 Å². The minimum absolute atomic E-state index is 0.975. The van der Waals surface area contributed by atoms with E-state index in [2.05, 4.69) is 212 Å². The maximum Gasteiger partial charge on any atom is 0.179 e. The number of benzene rings is 9. The Balaban J connectivity index is 1.15. The third-order valence-corrected chi connectivity index (χ3v) is 17.6. The van der Waals surface area contributed by atoms with E-state index >= 15 is 0 Å². The van der Waals surface area contributed by atoms with Gasteiger partial charge in [0.1, 0.15) is 0 Å². The van der Waals surface area contributed by atoms with Crippen LogP contribution < -0.4 is 20.7 Å². The molecule has 0 spiro atoms. The highest BCUT2D eigenvalue weighted by molar-refractivity contribution is 7.26. The molecule has 0 atom stereocenters. The first-order valence-electron chi connectivity index (χ1n) is 19.2. The number of hydrogen-bond acceptors (Lipinski definition) is 2. The summed E-state index contributed by atoms with van der Waals surface area (Å²) >= 11 is 1.85. The van der Waals surface area contributed by atoms with Gasteiger partial charge >= 0.3 is 0 Å². The van der Waals surface area contributed by atoms with Crippen LogP contribution in [0.15, 0.2) is 212 Å². The van der Waals surface area contributed by atoms with Gasteiger partial charge in [-0.2, -0.15) is 0 Å². The zero-order valence-corrected chi connectivity index (χ0v) is 32.4. The average molecular weight is 746 g/mol. The van der Waals surface area contributed by atoms with Crippen molar-refractivity contribution in [3.05, 3.63) is 212 Å².